The van der Waals surface area contributed by atoms with Gasteiger partial charge in [-0.3, -0.25) is 9.20 Å². The first-order valence-electron chi connectivity index (χ1n) is 4.70. The van der Waals surface area contributed by atoms with Crippen LogP contribution in [0.5, 0.6) is 0 Å². The van der Waals surface area contributed by atoms with E-state index in [2.05, 4.69) is 9.97 Å². The molecule has 0 atom stereocenters. The third-order valence-electron chi connectivity index (χ3n) is 2.53. The number of benzene rings is 1. The summed E-state index contributed by atoms with van der Waals surface area (Å²) in [6.07, 6.45) is 3.22. The van der Waals surface area contributed by atoms with Crippen LogP contribution in [-0.4, -0.2) is 14.4 Å². The fourth-order valence-corrected chi connectivity index (χ4v) is 1.80. The maximum atomic E-state index is 11.6. The lowest BCUT2D eigenvalue weighted by Crippen LogP contribution is -2.09. The molecule has 3 rings (SSSR count). The topological polar surface area (TPSA) is 50.2 Å². The van der Waals surface area contributed by atoms with Gasteiger partial charge in [0.25, 0.3) is 5.56 Å². The van der Waals surface area contributed by atoms with Crippen LogP contribution in [0.1, 0.15) is 5.56 Å². The van der Waals surface area contributed by atoms with Crippen molar-refractivity contribution >= 4 is 16.6 Å². The highest BCUT2D eigenvalue weighted by atomic mass is 16.1. The Kier molecular flexibility index (Phi) is 1.48. The Morgan fingerprint density at radius 2 is 2.20 bits per heavy atom. The Labute approximate surface area is 85.2 Å². The molecule has 15 heavy (non-hydrogen) atoms. The summed E-state index contributed by atoms with van der Waals surface area (Å²) in [6.45, 7) is 2.00. The summed E-state index contributed by atoms with van der Waals surface area (Å²) in [5, 5.41) is 0. The third-order valence-corrected chi connectivity index (χ3v) is 2.53. The summed E-state index contributed by atoms with van der Waals surface area (Å²) in [5.74, 6) is 0. The van der Waals surface area contributed by atoms with Crippen molar-refractivity contribution in [3.63, 3.8) is 0 Å². The molecule has 0 fully saturated rings. The van der Waals surface area contributed by atoms with Crippen LogP contribution in [-0.2, 0) is 0 Å². The highest BCUT2D eigenvalue weighted by Gasteiger charge is 2.03. The van der Waals surface area contributed by atoms with Crippen LogP contribution in [0.25, 0.3) is 16.6 Å². The number of aromatic nitrogens is 3. The molecule has 0 aliphatic rings. The molecule has 0 bridgehead atoms. The fraction of sp³-hybridized carbons (Fsp3) is 0.0909. The molecule has 0 aliphatic heterocycles. The number of H-pyrrole nitrogens is 1. The van der Waals surface area contributed by atoms with Crippen LogP contribution in [0.15, 0.2) is 35.5 Å². The minimum Gasteiger partial charge on any atom is -0.319 e. The van der Waals surface area contributed by atoms with Gasteiger partial charge >= 0.3 is 0 Å². The first-order valence-corrected chi connectivity index (χ1v) is 4.70. The lowest BCUT2D eigenvalue weighted by molar-refractivity contribution is 1.16. The second-order valence-electron chi connectivity index (χ2n) is 3.62. The van der Waals surface area contributed by atoms with Crippen molar-refractivity contribution in [1.29, 1.82) is 0 Å². The van der Waals surface area contributed by atoms with E-state index in [1.54, 1.807) is 16.9 Å². The molecule has 0 unspecified atom stereocenters. The molecule has 2 heterocycles. The number of hydrogen-bond donors (Lipinski definition) is 1. The zero-order chi connectivity index (χ0) is 10.4. The lowest BCUT2D eigenvalue weighted by atomic mass is 10.2. The van der Waals surface area contributed by atoms with Crippen LogP contribution in [0.2, 0.25) is 0 Å². The summed E-state index contributed by atoms with van der Waals surface area (Å²) >= 11 is 0. The van der Waals surface area contributed by atoms with Gasteiger partial charge in [-0.25, -0.2) is 4.98 Å². The van der Waals surface area contributed by atoms with E-state index in [1.807, 2.05) is 25.1 Å². The normalized spacial score (nSPS) is 11.3. The van der Waals surface area contributed by atoms with Gasteiger partial charge in [-0.15, -0.1) is 0 Å². The molecule has 1 N–H and O–H groups in total. The molecule has 0 radical (unpaired) electrons. The maximum absolute atomic E-state index is 11.6. The lowest BCUT2D eigenvalue weighted by Gasteiger charge is -2.02. The highest BCUT2D eigenvalue weighted by molar-refractivity contribution is 5.78. The van der Waals surface area contributed by atoms with E-state index in [-0.39, 0.29) is 5.56 Å². The molecule has 4 nitrogen and oxygen atoms in total. The van der Waals surface area contributed by atoms with Crippen LogP contribution in [0, 0.1) is 6.92 Å². The Bertz CT molecular complexity index is 708. The Balaban J connectivity index is 2.66. The zero-order valence-electron chi connectivity index (χ0n) is 8.19. The molecule has 74 valence electrons. The van der Waals surface area contributed by atoms with Gasteiger partial charge in [0.05, 0.1) is 23.6 Å². The van der Waals surface area contributed by atoms with Crippen molar-refractivity contribution in [2.45, 2.75) is 6.92 Å². The predicted molar refractivity (Wildman–Crippen MR) is 58.1 cm³/mol. The summed E-state index contributed by atoms with van der Waals surface area (Å²) in [4.78, 5) is 18.5. The number of nitrogens with zero attached hydrogens (tertiary/aromatic N) is 2. The standard InChI is InChI=1S/C11H9N3O/c1-7-2-3-9-8(4-7)13-11(15)10-5-12-6-14(9)10/h2-6H,1H3,(H,13,15). The number of nitrogens with one attached hydrogen (secondary N) is 1. The maximum Gasteiger partial charge on any atom is 0.274 e. The van der Waals surface area contributed by atoms with Gasteiger partial charge in [-0.2, -0.15) is 0 Å². The first kappa shape index (κ1) is 8.23. The zero-order valence-corrected chi connectivity index (χ0v) is 8.19. The average Bonchev–Trinajstić information content (AvgIpc) is 2.66. The number of rotatable bonds is 0. The van der Waals surface area contributed by atoms with Crippen LogP contribution < -0.4 is 5.56 Å². The smallest absolute Gasteiger partial charge is 0.274 e. The van der Waals surface area contributed by atoms with Crippen molar-refractivity contribution in [3.8, 4) is 0 Å². The molecule has 0 saturated heterocycles. The predicted octanol–water partition coefficient (Wildman–Crippen LogP) is 1.48. The van der Waals surface area contributed by atoms with Crippen molar-refractivity contribution in [2.75, 3.05) is 0 Å². The van der Waals surface area contributed by atoms with Crippen molar-refractivity contribution < 1.29 is 0 Å². The number of fused-ring (bicyclic) bond motifs is 3. The van der Waals surface area contributed by atoms with Crippen LogP contribution >= 0.6 is 0 Å². The van der Waals surface area contributed by atoms with Gasteiger partial charge in [0.15, 0.2) is 0 Å². The molecule has 2 aromatic heterocycles. The molecule has 3 aromatic rings. The van der Waals surface area contributed by atoms with Crippen molar-refractivity contribution in [3.05, 3.63) is 46.6 Å². The monoisotopic (exact) mass is 199 g/mol. The van der Waals surface area contributed by atoms with Gasteiger partial charge < -0.3 is 4.98 Å². The fourth-order valence-electron chi connectivity index (χ4n) is 1.80. The molecule has 0 spiro atoms. The van der Waals surface area contributed by atoms with E-state index in [9.17, 15) is 4.79 Å². The van der Waals surface area contributed by atoms with E-state index in [1.165, 1.54) is 0 Å². The van der Waals surface area contributed by atoms with Crippen molar-refractivity contribution in [2.24, 2.45) is 0 Å². The largest absolute Gasteiger partial charge is 0.319 e. The van der Waals surface area contributed by atoms with E-state index >= 15 is 0 Å². The minimum atomic E-state index is -0.106. The summed E-state index contributed by atoms with van der Waals surface area (Å²) in [6, 6.07) is 5.95. The quantitative estimate of drug-likeness (QED) is 0.596. The molecular formula is C11H9N3O. The number of imidazole rings is 1. The van der Waals surface area contributed by atoms with Gasteiger partial charge in [0, 0.05) is 0 Å². The van der Waals surface area contributed by atoms with Crippen LogP contribution in [0.4, 0.5) is 0 Å². The first-order chi connectivity index (χ1) is 7.25. The third kappa shape index (κ3) is 1.08. The molecule has 0 saturated carbocycles. The highest BCUT2D eigenvalue weighted by Crippen LogP contribution is 2.13. The second kappa shape index (κ2) is 2.70. The molecule has 0 aliphatic carbocycles. The van der Waals surface area contributed by atoms with E-state index in [0.29, 0.717) is 5.52 Å². The molecule has 4 heteroatoms. The number of hydrogen-bond acceptors (Lipinski definition) is 2. The second-order valence-corrected chi connectivity index (χ2v) is 3.62. The summed E-state index contributed by atoms with van der Waals surface area (Å²) in [5.41, 5.74) is 3.40. The molecular weight excluding hydrogens is 190 g/mol. The van der Waals surface area contributed by atoms with Gasteiger partial charge in [-0.1, -0.05) is 6.07 Å². The Morgan fingerprint density at radius 1 is 1.33 bits per heavy atom. The summed E-state index contributed by atoms with van der Waals surface area (Å²) in [7, 11) is 0. The number of aromatic amines is 1. The van der Waals surface area contributed by atoms with E-state index < -0.39 is 0 Å². The van der Waals surface area contributed by atoms with Gasteiger partial charge in [0.2, 0.25) is 0 Å². The van der Waals surface area contributed by atoms with Crippen molar-refractivity contribution in [1.82, 2.24) is 14.4 Å². The van der Waals surface area contributed by atoms with Gasteiger partial charge in [-0.05, 0) is 24.6 Å². The number of aryl methyl sites for hydroxylation is 1. The van der Waals surface area contributed by atoms with Crippen LogP contribution in [0.3, 0.4) is 0 Å². The average molecular weight is 199 g/mol. The van der Waals surface area contributed by atoms with E-state index in [4.69, 9.17) is 0 Å². The molecule has 1 aromatic carbocycles. The SMILES string of the molecule is Cc1ccc2c(c1)[nH]c(=O)c1cncn12. The van der Waals surface area contributed by atoms with Gasteiger partial charge in [0.1, 0.15) is 5.52 Å². The molecule has 0 amide bonds. The summed E-state index contributed by atoms with van der Waals surface area (Å²) < 4.78 is 1.80. The Hall–Kier alpha value is -2.10. The Morgan fingerprint density at radius 3 is 3.07 bits per heavy atom. The minimum absolute atomic E-state index is 0.106. The van der Waals surface area contributed by atoms with E-state index in [0.717, 1.165) is 16.6 Å².